The van der Waals surface area contributed by atoms with Crippen molar-refractivity contribution in [3.05, 3.63) is 34.6 Å². The maximum absolute atomic E-state index is 14.1. The zero-order valence-corrected chi connectivity index (χ0v) is 12.9. The molecule has 0 bridgehead atoms. The number of hydrogen-bond donors (Lipinski definition) is 1. The summed E-state index contributed by atoms with van der Waals surface area (Å²) in [5.74, 6) is -0.217. The normalized spacial score (nSPS) is 19.1. The molecule has 1 aromatic carbocycles. The first-order valence-electron chi connectivity index (χ1n) is 7.50. The molecule has 2 N–H and O–H groups in total. The maximum Gasteiger partial charge on any atom is 0.128 e. The van der Waals surface area contributed by atoms with Gasteiger partial charge in [-0.15, -0.1) is 0 Å². The van der Waals surface area contributed by atoms with Crippen LogP contribution in [0.4, 0.5) is 4.39 Å². The van der Waals surface area contributed by atoms with Gasteiger partial charge in [-0.05, 0) is 38.1 Å². The summed E-state index contributed by atoms with van der Waals surface area (Å²) in [4.78, 5) is 2.25. The summed E-state index contributed by atoms with van der Waals surface area (Å²) >= 11 is 6.01. The fraction of sp³-hybridized carbons (Fsp3) is 0.625. The lowest BCUT2D eigenvalue weighted by atomic mass is 10.00. The van der Waals surface area contributed by atoms with Crippen molar-refractivity contribution in [2.75, 3.05) is 13.6 Å². The van der Waals surface area contributed by atoms with E-state index in [1.165, 1.54) is 44.6 Å². The summed E-state index contributed by atoms with van der Waals surface area (Å²) in [7, 11) is 2.06. The summed E-state index contributed by atoms with van der Waals surface area (Å²) < 4.78 is 14.1. The molecule has 0 amide bonds. The Balaban J connectivity index is 2.19. The Morgan fingerprint density at radius 2 is 1.95 bits per heavy atom. The molecule has 1 unspecified atom stereocenters. The second kappa shape index (κ2) is 7.39. The van der Waals surface area contributed by atoms with E-state index in [1.807, 2.05) is 0 Å². The number of hydrogen-bond acceptors (Lipinski definition) is 2. The Hall–Kier alpha value is -0.640. The van der Waals surface area contributed by atoms with E-state index >= 15 is 0 Å². The quantitative estimate of drug-likeness (QED) is 0.847. The first-order chi connectivity index (χ1) is 9.63. The van der Waals surface area contributed by atoms with Gasteiger partial charge in [-0.2, -0.15) is 0 Å². The highest BCUT2D eigenvalue weighted by Crippen LogP contribution is 2.30. The summed E-state index contributed by atoms with van der Waals surface area (Å²) in [6.45, 7) is 0.407. The third-order valence-electron chi connectivity index (χ3n) is 4.43. The van der Waals surface area contributed by atoms with Crippen LogP contribution >= 0.6 is 11.6 Å². The van der Waals surface area contributed by atoms with Crippen LogP contribution in [0.15, 0.2) is 18.2 Å². The van der Waals surface area contributed by atoms with Crippen LogP contribution in [0.25, 0.3) is 0 Å². The Kier molecular flexibility index (Phi) is 5.82. The van der Waals surface area contributed by atoms with Crippen LogP contribution in [0.1, 0.15) is 50.1 Å². The smallest absolute Gasteiger partial charge is 0.128 e. The Morgan fingerprint density at radius 1 is 1.30 bits per heavy atom. The molecule has 0 heterocycles. The second-order valence-electron chi connectivity index (χ2n) is 5.73. The predicted molar refractivity (Wildman–Crippen MR) is 82.5 cm³/mol. The van der Waals surface area contributed by atoms with Crippen molar-refractivity contribution in [2.45, 2.75) is 50.6 Å². The topological polar surface area (TPSA) is 29.3 Å². The van der Waals surface area contributed by atoms with E-state index in [2.05, 4.69) is 11.9 Å². The number of likely N-dealkylation sites (N-methyl/N-ethyl adjacent to an activating group) is 1. The first kappa shape index (κ1) is 15.7. The lowest BCUT2D eigenvalue weighted by Crippen LogP contribution is -2.38. The van der Waals surface area contributed by atoms with Gasteiger partial charge in [-0.1, -0.05) is 37.3 Å². The number of halogens is 2. The zero-order valence-electron chi connectivity index (χ0n) is 12.1. The molecule has 0 aliphatic heterocycles. The average Bonchev–Trinajstić information content (AvgIpc) is 2.72. The summed E-state index contributed by atoms with van der Waals surface area (Å²) in [6, 6.07) is 5.11. The number of benzene rings is 1. The average molecular weight is 299 g/mol. The van der Waals surface area contributed by atoms with Gasteiger partial charge in [-0.3, -0.25) is 4.90 Å². The minimum atomic E-state index is -0.217. The van der Waals surface area contributed by atoms with E-state index in [4.69, 9.17) is 17.3 Å². The summed E-state index contributed by atoms with van der Waals surface area (Å²) in [6.07, 6.45) is 7.48. The molecule has 1 aliphatic rings. The molecule has 1 aliphatic carbocycles. The van der Waals surface area contributed by atoms with E-state index in [0.29, 0.717) is 23.2 Å². The zero-order chi connectivity index (χ0) is 14.5. The van der Waals surface area contributed by atoms with Gasteiger partial charge >= 0.3 is 0 Å². The molecule has 2 rings (SSSR count). The molecule has 0 saturated heterocycles. The summed E-state index contributed by atoms with van der Waals surface area (Å²) in [5, 5.41) is 0.564. The third kappa shape index (κ3) is 3.72. The highest BCUT2D eigenvalue weighted by atomic mass is 35.5. The highest BCUT2D eigenvalue weighted by molar-refractivity contribution is 6.30. The van der Waals surface area contributed by atoms with Gasteiger partial charge in [0, 0.05) is 29.2 Å². The summed E-state index contributed by atoms with van der Waals surface area (Å²) in [5.41, 5.74) is 6.54. The van der Waals surface area contributed by atoms with Gasteiger partial charge in [0.15, 0.2) is 0 Å². The molecule has 2 nitrogen and oxygen atoms in total. The number of rotatable bonds is 4. The lowest BCUT2D eigenvalue weighted by Gasteiger charge is -2.34. The van der Waals surface area contributed by atoms with E-state index < -0.39 is 0 Å². The SMILES string of the molecule is CN(C1CCCCCC1)C(CN)c1cc(Cl)ccc1F. The van der Waals surface area contributed by atoms with Gasteiger partial charge in [0.2, 0.25) is 0 Å². The standard InChI is InChI=1S/C16H24ClFN2/c1-20(13-6-4-2-3-5-7-13)16(11-19)14-10-12(17)8-9-15(14)18/h8-10,13,16H,2-7,11,19H2,1H3. The fourth-order valence-corrected chi connectivity index (χ4v) is 3.38. The van der Waals surface area contributed by atoms with Gasteiger partial charge in [-0.25, -0.2) is 4.39 Å². The van der Waals surface area contributed by atoms with Gasteiger partial charge < -0.3 is 5.73 Å². The molecule has 1 atom stereocenters. The molecule has 1 aromatic rings. The van der Waals surface area contributed by atoms with Crippen molar-refractivity contribution in [3.8, 4) is 0 Å². The monoisotopic (exact) mass is 298 g/mol. The first-order valence-corrected chi connectivity index (χ1v) is 7.88. The van der Waals surface area contributed by atoms with Crippen LogP contribution in [-0.2, 0) is 0 Å². The molecule has 4 heteroatoms. The van der Waals surface area contributed by atoms with E-state index in [9.17, 15) is 4.39 Å². The molecule has 1 saturated carbocycles. The van der Waals surface area contributed by atoms with Crippen LogP contribution < -0.4 is 5.73 Å². The molecule has 20 heavy (non-hydrogen) atoms. The van der Waals surface area contributed by atoms with E-state index in [0.717, 1.165) is 0 Å². The third-order valence-corrected chi connectivity index (χ3v) is 4.67. The predicted octanol–water partition coefficient (Wildman–Crippen LogP) is 4.13. The molecule has 0 radical (unpaired) electrons. The molecule has 0 aromatic heterocycles. The van der Waals surface area contributed by atoms with Crippen LogP contribution in [0.5, 0.6) is 0 Å². The Bertz CT molecular complexity index is 430. The Labute approximate surface area is 126 Å². The largest absolute Gasteiger partial charge is 0.329 e. The van der Waals surface area contributed by atoms with Crippen molar-refractivity contribution in [1.82, 2.24) is 4.90 Å². The van der Waals surface area contributed by atoms with E-state index in [1.54, 1.807) is 12.1 Å². The van der Waals surface area contributed by atoms with Crippen molar-refractivity contribution >= 4 is 11.6 Å². The van der Waals surface area contributed by atoms with Gasteiger partial charge in [0.1, 0.15) is 5.82 Å². The fourth-order valence-electron chi connectivity index (χ4n) is 3.20. The number of nitrogens with zero attached hydrogens (tertiary/aromatic N) is 1. The van der Waals surface area contributed by atoms with E-state index in [-0.39, 0.29) is 11.9 Å². The van der Waals surface area contributed by atoms with Crippen molar-refractivity contribution in [2.24, 2.45) is 5.73 Å². The molecular formula is C16H24ClFN2. The lowest BCUT2D eigenvalue weighted by molar-refractivity contribution is 0.158. The van der Waals surface area contributed by atoms with Crippen LogP contribution in [-0.4, -0.2) is 24.5 Å². The second-order valence-corrected chi connectivity index (χ2v) is 6.16. The van der Waals surface area contributed by atoms with Crippen LogP contribution in [0, 0.1) is 5.82 Å². The van der Waals surface area contributed by atoms with Crippen molar-refractivity contribution in [3.63, 3.8) is 0 Å². The van der Waals surface area contributed by atoms with Crippen molar-refractivity contribution in [1.29, 1.82) is 0 Å². The van der Waals surface area contributed by atoms with Gasteiger partial charge in [0.05, 0.1) is 0 Å². The number of nitrogens with two attached hydrogens (primary N) is 1. The van der Waals surface area contributed by atoms with Crippen LogP contribution in [0.2, 0.25) is 5.02 Å². The Morgan fingerprint density at radius 3 is 2.55 bits per heavy atom. The highest BCUT2D eigenvalue weighted by Gasteiger charge is 2.26. The minimum Gasteiger partial charge on any atom is -0.329 e. The minimum absolute atomic E-state index is 0.100. The molecule has 1 fully saturated rings. The molecule has 112 valence electrons. The van der Waals surface area contributed by atoms with Crippen molar-refractivity contribution < 1.29 is 4.39 Å². The molecular weight excluding hydrogens is 275 g/mol. The molecule has 0 spiro atoms. The van der Waals surface area contributed by atoms with Crippen LogP contribution in [0.3, 0.4) is 0 Å². The maximum atomic E-state index is 14.1. The van der Waals surface area contributed by atoms with Gasteiger partial charge in [0.25, 0.3) is 0 Å².